The number of carboxylic acid groups (broad SMARTS) is 2. The summed E-state index contributed by atoms with van der Waals surface area (Å²) in [5, 5.41) is 101. The molecule has 7 rings (SSSR count). The van der Waals surface area contributed by atoms with Gasteiger partial charge in [0.2, 0.25) is 12.6 Å². The molecule has 0 radical (unpaired) electrons. The van der Waals surface area contributed by atoms with E-state index in [9.17, 15) is 60.7 Å². The number of carboxylic acids is 2. The third kappa shape index (κ3) is 10.8. The quantitative estimate of drug-likeness (QED) is 0.0677. The number of hydrogen-bond donors (Lipinski definition) is 10. The minimum Gasteiger partial charge on any atom is -0.481 e. The lowest BCUT2D eigenvalue weighted by atomic mass is 9.94. The van der Waals surface area contributed by atoms with Crippen LogP contribution >= 0.6 is 0 Å². The number of aliphatic hydroxyl groups is 8. The molecule has 0 unspecified atom stereocenters. The van der Waals surface area contributed by atoms with Gasteiger partial charge in [-0.25, -0.2) is 0 Å². The van der Waals surface area contributed by atoms with Crippen molar-refractivity contribution in [2.45, 2.75) is 87.1 Å². The van der Waals surface area contributed by atoms with Crippen LogP contribution in [0.25, 0.3) is 22.3 Å². The third-order valence-corrected chi connectivity index (χ3v) is 11.3. The first kappa shape index (κ1) is 46.2. The molecule has 5 aromatic carbocycles. The van der Waals surface area contributed by atoms with Gasteiger partial charge in [0.15, 0.2) is 0 Å². The van der Waals surface area contributed by atoms with Gasteiger partial charge in [0, 0.05) is 11.1 Å². The van der Waals surface area contributed by atoms with E-state index >= 15 is 0 Å². The summed E-state index contributed by atoms with van der Waals surface area (Å²) >= 11 is 0. The van der Waals surface area contributed by atoms with Gasteiger partial charge in [0.1, 0.15) is 60.3 Å². The molecule has 338 valence electrons. The average Bonchev–Trinajstić information content (AvgIpc) is 3.28. The molecule has 0 aliphatic carbocycles. The van der Waals surface area contributed by atoms with Crippen LogP contribution in [-0.2, 0) is 44.7 Å². The number of ether oxygens (including phenoxy) is 4. The monoisotopic (exact) mass is 882 g/mol. The Kier molecular flexibility index (Phi) is 14.7. The molecule has 0 saturated carbocycles. The van der Waals surface area contributed by atoms with Crippen molar-refractivity contribution >= 4 is 11.9 Å². The predicted molar refractivity (Wildman–Crippen MR) is 227 cm³/mol. The molecule has 2 saturated heterocycles. The van der Waals surface area contributed by atoms with Crippen LogP contribution in [0.5, 0.6) is 11.5 Å². The first-order valence-corrected chi connectivity index (χ1v) is 20.6. The number of aliphatic carboxylic acids is 2. The van der Waals surface area contributed by atoms with Gasteiger partial charge in [0.05, 0.1) is 26.1 Å². The van der Waals surface area contributed by atoms with E-state index < -0.39 is 86.6 Å². The standard InChI is InChI=1S/C48H50O16/c49-23-37-41(55)43(57)45(59)47(63-37)61-35-13-11-29(19-33(35)31-5-1-3-27(17-31)21-39(51)52)15-25-7-9-26(10-8-25)16-30-12-14-36(62-48-46(60)44(58)42(56)38(24-50)64-48)34(20-30)32-6-2-4-28(18-32)22-40(53)54/h1-14,17-20,37-38,41-50,55-60H,15-16,21-24H2,(H,51,52)(H,53,54)/t37-,38-,41-,42-,43+,44+,45+,46+,47+,48+/m1/s1. The maximum Gasteiger partial charge on any atom is 0.307 e. The molecule has 2 aliphatic rings. The van der Waals surface area contributed by atoms with E-state index in [1.54, 1.807) is 60.7 Å². The van der Waals surface area contributed by atoms with Crippen LogP contribution in [0, 0.1) is 0 Å². The van der Waals surface area contributed by atoms with Crippen LogP contribution < -0.4 is 9.47 Å². The minimum atomic E-state index is -1.65. The van der Waals surface area contributed by atoms with Crippen LogP contribution in [0.15, 0.2) is 109 Å². The van der Waals surface area contributed by atoms with Crippen LogP contribution in [0.1, 0.15) is 33.4 Å². The molecule has 2 heterocycles. The molecular formula is C48H50O16. The zero-order valence-electron chi connectivity index (χ0n) is 34.3. The van der Waals surface area contributed by atoms with Crippen molar-refractivity contribution in [3.8, 4) is 33.8 Å². The first-order chi connectivity index (χ1) is 30.7. The molecule has 2 fully saturated rings. The van der Waals surface area contributed by atoms with E-state index in [4.69, 9.17) is 18.9 Å². The molecule has 0 spiro atoms. The highest BCUT2D eigenvalue weighted by atomic mass is 16.7. The zero-order chi connectivity index (χ0) is 45.7. The van der Waals surface area contributed by atoms with E-state index in [2.05, 4.69) is 0 Å². The Labute approximate surface area is 367 Å². The molecule has 10 atom stereocenters. The number of hydrogen-bond acceptors (Lipinski definition) is 14. The lowest BCUT2D eigenvalue weighted by Crippen LogP contribution is -2.60. The lowest BCUT2D eigenvalue weighted by molar-refractivity contribution is -0.277. The molecule has 0 aromatic heterocycles. The van der Waals surface area contributed by atoms with Crippen molar-refractivity contribution in [1.29, 1.82) is 0 Å². The summed E-state index contributed by atoms with van der Waals surface area (Å²) < 4.78 is 23.4. The van der Waals surface area contributed by atoms with Gasteiger partial charge in [-0.2, -0.15) is 0 Å². The Morgan fingerprint density at radius 1 is 0.453 bits per heavy atom. The Morgan fingerprint density at radius 3 is 1.19 bits per heavy atom. The smallest absolute Gasteiger partial charge is 0.307 e. The second-order valence-corrected chi connectivity index (χ2v) is 16.0. The second-order valence-electron chi connectivity index (χ2n) is 16.0. The number of carbonyl (C=O) groups is 2. The molecule has 0 bridgehead atoms. The molecule has 64 heavy (non-hydrogen) atoms. The predicted octanol–water partition coefficient (Wildman–Crippen LogP) is 1.81. The highest BCUT2D eigenvalue weighted by Gasteiger charge is 2.46. The van der Waals surface area contributed by atoms with Crippen molar-refractivity contribution in [2.24, 2.45) is 0 Å². The van der Waals surface area contributed by atoms with Crippen molar-refractivity contribution in [2.75, 3.05) is 13.2 Å². The fraction of sp³-hybridized carbons (Fsp3) is 0.333. The zero-order valence-corrected chi connectivity index (χ0v) is 34.3. The van der Waals surface area contributed by atoms with Crippen LogP contribution in [-0.4, -0.2) is 138 Å². The summed E-state index contributed by atoms with van der Waals surface area (Å²) in [5.74, 6) is -1.52. The Morgan fingerprint density at radius 2 is 0.828 bits per heavy atom. The Hall–Kier alpha value is -5.76. The van der Waals surface area contributed by atoms with Crippen molar-refractivity contribution in [1.82, 2.24) is 0 Å². The van der Waals surface area contributed by atoms with E-state index in [1.807, 2.05) is 48.5 Å². The SMILES string of the molecule is O=C(O)Cc1cccc(-c2cc(Cc3ccc(Cc4ccc(O[C@H]5O[C@H](CO)[C@@H](O)[C@H](O)[C@@H]5O)c(-c5cccc(CC(=O)O)c5)c4)cc3)ccc2O[C@H]2O[C@H](CO)[C@@H](O)[C@H](O)[C@@H]2O)c1. The van der Waals surface area contributed by atoms with E-state index in [0.717, 1.165) is 22.3 Å². The summed E-state index contributed by atoms with van der Waals surface area (Å²) in [4.78, 5) is 23.1. The largest absolute Gasteiger partial charge is 0.481 e. The lowest BCUT2D eigenvalue weighted by Gasteiger charge is -2.39. The summed E-state index contributed by atoms with van der Waals surface area (Å²) in [6, 6.07) is 32.5. The fourth-order valence-electron chi connectivity index (χ4n) is 7.90. The molecule has 2 aliphatic heterocycles. The van der Waals surface area contributed by atoms with Crippen LogP contribution in [0.4, 0.5) is 0 Å². The van der Waals surface area contributed by atoms with E-state index in [1.165, 1.54) is 0 Å². The fourth-order valence-corrected chi connectivity index (χ4v) is 7.90. The van der Waals surface area contributed by atoms with E-state index in [0.29, 0.717) is 46.2 Å². The highest BCUT2D eigenvalue weighted by Crippen LogP contribution is 2.37. The maximum absolute atomic E-state index is 11.5. The minimum absolute atomic E-state index is 0.218. The van der Waals surface area contributed by atoms with Crippen molar-refractivity contribution < 1.29 is 79.6 Å². The number of benzene rings is 5. The first-order valence-electron chi connectivity index (χ1n) is 20.6. The molecule has 16 nitrogen and oxygen atoms in total. The molecule has 5 aromatic rings. The van der Waals surface area contributed by atoms with E-state index in [-0.39, 0.29) is 24.3 Å². The Bertz CT molecular complexity index is 2230. The van der Waals surface area contributed by atoms with Gasteiger partial charge >= 0.3 is 11.9 Å². The Balaban J connectivity index is 1.13. The van der Waals surface area contributed by atoms with Gasteiger partial charge in [0.25, 0.3) is 0 Å². The number of rotatable bonds is 16. The normalized spacial score (nSPS) is 25.7. The molecule has 0 amide bonds. The summed E-state index contributed by atoms with van der Waals surface area (Å²) in [6.45, 7) is -1.26. The maximum atomic E-state index is 11.5. The summed E-state index contributed by atoms with van der Waals surface area (Å²) in [5.41, 5.74) is 7.03. The molecular weight excluding hydrogens is 833 g/mol. The third-order valence-electron chi connectivity index (χ3n) is 11.3. The summed E-state index contributed by atoms with van der Waals surface area (Å²) in [6.07, 6.45) is -14.5. The van der Waals surface area contributed by atoms with Crippen LogP contribution in [0.3, 0.4) is 0 Å². The number of aliphatic hydroxyl groups excluding tert-OH is 8. The topological polar surface area (TPSA) is 273 Å². The van der Waals surface area contributed by atoms with Gasteiger partial charge in [-0.15, -0.1) is 0 Å². The van der Waals surface area contributed by atoms with Crippen molar-refractivity contribution in [3.05, 3.63) is 143 Å². The van der Waals surface area contributed by atoms with Crippen LogP contribution in [0.2, 0.25) is 0 Å². The highest BCUT2D eigenvalue weighted by molar-refractivity contribution is 5.76. The molecule has 16 heteroatoms. The van der Waals surface area contributed by atoms with Crippen molar-refractivity contribution in [3.63, 3.8) is 0 Å². The summed E-state index contributed by atoms with van der Waals surface area (Å²) in [7, 11) is 0. The van der Waals surface area contributed by atoms with Gasteiger partial charge in [-0.3, -0.25) is 9.59 Å². The average molecular weight is 883 g/mol. The molecule has 10 N–H and O–H groups in total. The van der Waals surface area contributed by atoms with Gasteiger partial charge in [-0.05, 0) is 81.6 Å². The second kappa shape index (κ2) is 20.4. The van der Waals surface area contributed by atoms with Gasteiger partial charge in [-0.1, -0.05) is 84.9 Å². The van der Waals surface area contributed by atoms with Gasteiger partial charge < -0.3 is 70.0 Å².